The predicted molar refractivity (Wildman–Crippen MR) is 131 cm³/mol. The third kappa shape index (κ3) is 3.95. The molecule has 0 saturated carbocycles. The van der Waals surface area contributed by atoms with Crippen molar-refractivity contribution in [3.05, 3.63) is 64.5 Å². The van der Waals surface area contributed by atoms with Crippen LogP contribution in [0.2, 0.25) is 0 Å². The van der Waals surface area contributed by atoms with Crippen LogP contribution < -0.4 is 10.6 Å². The van der Waals surface area contributed by atoms with Crippen LogP contribution in [0, 0.1) is 0 Å². The zero-order valence-corrected chi connectivity index (χ0v) is 19.8. The lowest BCUT2D eigenvalue weighted by Crippen LogP contribution is -2.35. The van der Waals surface area contributed by atoms with E-state index in [-0.39, 0.29) is 40.5 Å². The summed E-state index contributed by atoms with van der Waals surface area (Å²) in [4.78, 5) is 55.3. The number of rotatable bonds is 5. The van der Waals surface area contributed by atoms with Crippen LogP contribution >= 0.6 is 11.3 Å². The van der Waals surface area contributed by atoms with Crippen LogP contribution in [0.1, 0.15) is 51.8 Å². The van der Waals surface area contributed by atoms with Crippen molar-refractivity contribution in [2.75, 3.05) is 10.6 Å². The number of carbonyl (C=O) groups is 4. The molecule has 0 aliphatic carbocycles. The number of benzene rings is 2. The third-order valence-corrected chi connectivity index (χ3v) is 6.32. The summed E-state index contributed by atoms with van der Waals surface area (Å²) in [7, 11) is 0. The van der Waals surface area contributed by atoms with E-state index in [1.807, 2.05) is 17.5 Å². The fourth-order valence-electron chi connectivity index (χ4n) is 3.90. The molecule has 3 heterocycles. The number of anilines is 2. The number of thiazole rings is 1. The van der Waals surface area contributed by atoms with Crippen molar-refractivity contribution < 1.29 is 19.2 Å². The summed E-state index contributed by atoms with van der Waals surface area (Å²) in [6.07, 6.45) is 0. The highest BCUT2D eigenvalue weighted by atomic mass is 32.1. The number of amides is 4. The Morgan fingerprint density at radius 2 is 1.69 bits per heavy atom. The van der Waals surface area contributed by atoms with Crippen molar-refractivity contribution in [3.8, 4) is 11.3 Å². The van der Waals surface area contributed by atoms with Gasteiger partial charge in [-0.15, -0.1) is 16.4 Å². The van der Waals surface area contributed by atoms with Crippen LogP contribution in [0.25, 0.3) is 16.2 Å². The number of nitrogens with zero attached hydrogens (tertiary/aromatic N) is 4. The molecule has 1 aliphatic rings. The molecular formula is C24H20N6O4S. The van der Waals surface area contributed by atoms with E-state index in [4.69, 9.17) is 0 Å². The summed E-state index contributed by atoms with van der Waals surface area (Å²) in [6, 6.07) is 11.4. The quantitative estimate of drug-likeness (QED) is 0.413. The highest BCUT2D eigenvalue weighted by molar-refractivity contribution is 7.15. The zero-order chi connectivity index (χ0) is 24.9. The predicted octanol–water partition coefficient (Wildman–Crippen LogP) is 3.67. The second-order valence-electron chi connectivity index (χ2n) is 8.30. The van der Waals surface area contributed by atoms with Crippen molar-refractivity contribution in [1.29, 1.82) is 0 Å². The first-order chi connectivity index (χ1) is 16.7. The number of nitrogens with one attached hydrogen (secondary N) is 2. The minimum Gasteiger partial charge on any atom is -0.326 e. The second-order valence-corrected chi connectivity index (χ2v) is 9.13. The van der Waals surface area contributed by atoms with Crippen LogP contribution in [-0.4, -0.2) is 49.2 Å². The third-order valence-electron chi connectivity index (χ3n) is 5.50. The van der Waals surface area contributed by atoms with Crippen molar-refractivity contribution in [2.24, 2.45) is 0 Å². The molecule has 0 radical (unpaired) electrons. The van der Waals surface area contributed by atoms with Gasteiger partial charge in [-0.05, 0) is 44.2 Å². The van der Waals surface area contributed by atoms with Crippen LogP contribution in [0.3, 0.4) is 0 Å². The average Bonchev–Trinajstić information content (AvgIpc) is 3.45. The fourth-order valence-corrected chi connectivity index (χ4v) is 4.73. The first kappa shape index (κ1) is 22.4. The first-order valence-corrected chi connectivity index (χ1v) is 11.7. The van der Waals surface area contributed by atoms with Gasteiger partial charge in [-0.3, -0.25) is 29.4 Å². The Labute approximate surface area is 203 Å². The van der Waals surface area contributed by atoms with Crippen molar-refractivity contribution in [3.63, 3.8) is 0 Å². The van der Waals surface area contributed by atoms with Gasteiger partial charge >= 0.3 is 0 Å². The molecule has 2 aromatic carbocycles. The number of carbonyl (C=O) groups excluding carboxylic acids is 4. The van der Waals surface area contributed by atoms with Crippen molar-refractivity contribution in [2.45, 2.75) is 26.8 Å². The van der Waals surface area contributed by atoms with E-state index in [0.29, 0.717) is 10.6 Å². The van der Waals surface area contributed by atoms with E-state index in [0.717, 1.165) is 11.3 Å². The average molecular weight is 489 g/mol. The van der Waals surface area contributed by atoms with Gasteiger partial charge in [0, 0.05) is 35.2 Å². The summed E-state index contributed by atoms with van der Waals surface area (Å²) in [6.45, 7) is 4.97. The Bertz CT molecular complexity index is 1520. The lowest BCUT2D eigenvalue weighted by atomic mass is 10.1. The Kier molecular flexibility index (Phi) is 5.40. The van der Waals surface area contributed by atoms with E-state index >= 15 is 0 Å². The Balaban J connectivity index is 1.37. The molecular weight excluding hydrogens is 468 g/mol. The maximum atomic E-state index is 12.9. The molecule has 2 aromatic heterocycles. The minimum atomic E-state index is -0.490. The van der Waals surface area contributed by atoms with Gasteiger partial charge in [0.1, 0.15) is 0 Å². The van der Waals surface area contributed by atoms with E-state index in [2.05, 4.69) is 20.7 Å². The van der Waals surface area contributed by atoms with E-state index in [1.54, 1.807) is 30.5 Å². The molecule has 0 unspecified atom stereocenters. The topological polar surface area (TPSA) is 126 Å². The number of hydrogen-bond donors (Lipinski definition) is 2. The lowest BCUT2D eigenvalue weighted by molar-refractivity contribution is -0.114. The van der Waals surface area contributed by atoms with Crippen LogP contribution in [0.15, 0.2) is 47.8 Å². The van der Waals surface area contributed by atoms with Crippen molar-refractivity contribution >= 4 is 51.6 Å². The Morgan fingerprint density at radius 3 is 2.37 bits per heavy atom. The highest BCUT2D eigenvalue weighted by Gasteiger charge is 2.37. The standard InChI is InChI=1S/C24H20N6O4S/c1-12(2)29-21(33)17-9-6-15(10-18(17)22(29)34)20(32)26-23-27-24-30(28-23)19(11-35-24)14-4-7-16(8-5-14)25-13(3)31/h4-12H,1-3H3,(H,25,31)(H,26,28,32). The number of aromatic nitrogens is 3. The summed E-state index contributed by atoms with van der Waals surface area (Å²) in [5.41, 5.74) is 3.05. The van der Waals surface area contributed by atoms with E-state index in [9.17, 15) is 19.2 Å². The van der Waals surface area contributed by atoms with Crippen LogP contribution in [-0.2, 0) is 4.79 Å². The minimum absolute atomic E-state index is 0.115. The normalized spacial score (nSPS) is 13.0. The second kappa shape index (κ2) is 8.44. The molecule has 4 amide bonds. The maximum Gasteiger partial charge on any atom is 0.261 e. The molecule has 0 fully saturated rings. The van der Waals surface area contributed by atoms with Gasteiger partial charge in [-0.2, -0.15) is 4.98 Å². The number of fused-ring (bicyclic) bond motifs is 2. The largest absolute Gasteiger partial charge is 0.326 e. The monoisotopic (exact) mass is 488 g/mol. The fraction of sp³-hybridized carbons (Fsp3) is 0.167. The summed E-state index contributed by atoms with van der Waals surface area (Å²) >= 11 is 1.37. The molecule has 0 saturated heterocycles. The molecule has 11 heteroatoms. The van der Waals surface area contributed by atoms with E-state index < -0.39 is 11.8 Å². The lowest BCUT2D eigenvalue weighted by Gasteiger charge is -2.17. The van der Waals surface area contributed by atoms with Gasteiger partial charge in [0.2, 0.25) is 10.9 Å². The first-order valence-electron chi connectivity index (χ1n) is 10.8. The molecule has 0 bridgehead atoms. The van der Waals surface area contributed by atoms with Gasteiger partial charge in [0.05, 0.1) is 16.8 Å². The number of hydrogen-bond acceptors (Lipinski definition) is 7. The molecule has 1 aliphatic heterocycles. The highest BCUT2D eigenvalue weighted by Crippen LogP contribution is 2.28. The summed E-state index contributed by atoms with van der Waals surface area (Å²) in [5, 5.41) is 11.7. The molecule has 2 N–H and O–H groups in total. The Morgan fingerprint density at radius 1 is 0.971 bits per heavy atom. The van der Waals surface area contributed by atoms with Gasteiger partial charge in [-0.1, -0.05) is 12.1 Å². The molecule has 0 atom stereocenters. The van der Waals surface area contributed by atoms with E-state index in [1.165, 1.54) is 41.4 Å². The van der Waals surface area contributed by atoms with Gasteiger partial charge in [-0.25, -0.2) is 4.52 Å². The van der Waals surface area contributed by atoms with Gasteiger partial charge in [0.25, 0.3) is 23.7 Å². The molecule has 10 nitrogen and oxygen atoms in total. The molecule has 35 heavy (non-hydrogen) atoms. The SMILES string of the molecule is CC(=O)Nc1ccc(-c2csc3nc(NC(=O)c4ccc5c(c4)C(=O)N(C(C)C)C5=O)nn23)cc1. The van der Waals surface area contributed by atoms with Gasteiger partial charge in [0.15, 0.2) is 0 Å². The van der Waals surface area contributed by atoms with Gasteiger partial charge < -0.3 is 5.32 Å². The maximum absolute atomic E-state index is 12.9. The molecule has 4 aromatic rings. The Hall–Kier alpha value is -4.38. The molecule has 176 valence electrons. The smallest absolute Gasteiger partial charge is 0.261 e. The summed E-state index contributed by atoms with van der Waals surface area (Å²) < 4.78 is 1.62. The summed E-state index contributed by atoms with van der Waals surface area (Å²) in [5.74, 6) is -1.30. The van der Waals surface area contributed by atoms with Crippen LogP contribution in [0.5, 0.6) is 0 Å². The number of imide groups is 1. The molecule has 0 spiro atoms. The molecule has 5 rings (SSSR count). The van der Waals surface area contributed by atoms with Crippen molar-refractivity contribution in [1.82, 2.24) is 19.5 Å². The zero-order valence-electron chi connectivity index (χ0n) is 19.0. The van der Waals surface area contributed by atoms with Crippen LogP contribution in [0.4, 0.5) is 11.6 Å².